The lowest BCUT2D eigenvalue weighted by atomic mass is 10.1. The first-order valence-electron chi connectivity index (χ1n) is 7.80. The lowest BCUT2D eigenvalue weighted by Gasteiger charge is -2.05. The van der Waals surface area contributed by atoms with Crippen LogP contribution in [-0.4, -0.2) is 14.8 Å². The number of aryl methyl sites for hydroxylation is 2. The van der Waals surface area contributed by atoms with Gasteiger partial charge in [-0.05, 0) is 49.2 Å². The van der Waals surface area contributed by atoms with Gasteiger partial charge in [0.1, 0.15) is 11.5 Å². The van der Waals surface area contributed by atoms with Gasteiger partial charge in [0.25, 0.3) is 0 Å². The van der Waals surface area contributed by atoms with Crippen LogP contribution in [0.4, 0.5) is 4.39 Å². The van der Waals surface area contributed by atoms with Gasteiger partial charge in [-0.1, -0.05) is 24.3 Å². The summed E-state index contributed by atoms with van der Waals surface area (Å²) in [4.78, 5) is 4.70. The topological polar surface area (TPSA) is 30.7 Å². The molecule has 24 heavy (non-hydrogen) atoms. The van der Waals surface area contributed by atoms with Crippen LogP contribution < -0.4 is 0 Å². The zero-order chi connectivity index (χ0) is 16.7. The highest BCUT2D eigenvalue weighted by atomic mass is 19.1. The molecule has 0 unspecified atom stereocenters. The SMILES string of the molecule is Cc1ccc(-n2cc(-c3cc(C)c4ccccc4n3)cn2)c(F)c1. The molecule has 118 valence electrons. The highest BCUT2D eigenvalue weighted by Gasteiger charge is 2.10. The van der Waals surface area contributed by atoms with Crippen molar-refractivity contribution in [1.82, 2.24) is 14.8 Å². The van der Waals surface area contributed by atoms with Crippen molar-refractivity contribution in [3.8, 4) is 16.9 Å². The van der Waals surface area contributed by atoms with E-state index < -0.39 is 0 Å². The van der Waals surface area contributed by atoms with Gasteiger partial charge in [-0.3, -0.25) is 0 Å². The van der Waals surface area contributed by atoms with E-state index in [9.17, 15) is 4.39 Å². The van der Waals surface area contributed by atoms with Crippen LogP contribution in [0.15, 0.2) is 60.9 Å². The van der Waals surface area contributed by atoms with E-state index in [1.54, 1.807) is 16.9 Å². The Morgan fingerprint density at radius 1 is 1.00 bits per heavy atom. The van der Waals surface area contributed by atoms with Gasteiger partial charge < -0.3 is 0 Å². The Morgan fingerprint density at radius 3 is 2.67 bits per heavy atom. The monoisotopic (exact) mass is 317 g/mol. The number of rotatable bonds is 2. The Bertz CT molecular complexity index is 1050. The van der Waals surface area contributed by atoms with E-state index in [0.29, 0.717) is 5.69 Å². The van der Waals surface area contributed by atoms with E-state index in [2.05, 4.69) is 18.1 Å². The lowest BCUT2D eigenvalue weighted by Crippen LogP contribution is -1.98. The second-order valence-electron chi connectivity index (χ2n) is 5.97. The molecule has 2 heterocycles. The molecule has 0 N–H and O–H groups in total. The van der Waals surface area contributed by atoms with Crippen molar-refractivity contribution in [1.29, 1.82) is 0 Å². The van der Waals surface area contributed by atoms with E-state index in [1.165, 1.54) is 6.07 Å². The summed E-state index contributed by atoms with van der Waals surface area (Å²) in [6.07, 6.45) is 3.53. The van der Waals surface area contributed by atoms with Crippen LogP contribution in [0, 0.1) is 19.7 Å². The minimum atomic E-state index is -0.285. The zero-order valence-electron chi connectivity index (χ0n) is 13.5. The molecule has 0 saturated heterocycles. The molecule has 4 rings (SSSR count). The largest absolute Gasteiger partial charge is 0.248 e. The minimum absolute atomic E-state index is 0.285. The number of pyridine rings is 1. The molecule has 0 aliphatic rings. The highest BCUT2D eigenvalue weighted by Crippen LogP contribution is 2.25. The summed E-state index contributed by atoms with van der Waals surface area (Å²) in [5.74, 6) is -0.285. The van der Waals surface area contributed by atoms with Crippen LogP contribution in [0.25, 0.3) is 27.8 Å². The zero-order valence-corrected chi connectivity index (χ0v) is 13.5. The fourth-order valence-electron chi connectivity index (χ4n) is 2.88. The van der Waals surface area contributed by atoms with Gasteiger partial charge in [-0.2, -0.15) is 5.10 Å². The van der Waals surface area contributed by atoms with Crippen LogP contribution in [0.3, 0.4) is 0 Å². The molecular formula is C20H16FN3. The maximum atomic E-state index is 14.1. The summed E-state index contributed by atoms with van der Waals surface area (Å²) in [7, 11) is 0. The summed E-state index contributed by atoms with van der Waals surface area (Å²) in [5.41, 5.74) is 5.13. The third-order valence-corrected chi connectivity index (χ3v) is 4.15. The molecule has 0 aliphatic carbocycles. The number of benzene rings is 2. The summed E-state index contributed by atoms with van der Waals surface area (Å²) >= 11 is 0. The van der Waals surface area contributed by atoms with E-state index in [0.717, 1.165) is 33.3 Å². The van der Waals surface area contributed by atoms with Crippen molar-refractivity contribution >= 4 is 10.9 Å². The second-order valence-corrected chi connectivity index (χ2v) is 5.97. The Morgan fingerprint density at radius 2 is 1.83 bits per heavy atom. The standard InChI is InChI=1S/C20H16FN3/c1-13-7-8-20(17(21)9-13)24-12-15(11-22-24)19-10-14(2)16-5-3-4-6-18(16)23-19/h3-12H,1-2H3. The van der Waals surface area contributed by atoms with E-state index >= 15 is 0 Å². The van der Waals surface area contributed by atoms with Gasteiger partial charge >= 0.3 is 0 Å². The third kappa shape index (κ3) is 2.46. The molecule has 3 nitrogen and oxygen atoms in total. The van der Waals surface area contributed by atoms with Gasteiger partial charge in [0.15, 0.2) is 0 Å². The summed E-state index contributed by atoms with van der Waals surface area (Å²) in [5, 5.41) is 5.44. The van der Waals surface area contributed by atoms with Crippen molar-refractivity contribution in [2.45, 2.75) is 13.8 Å². The predicted molar refractivity (Wildman–Crippen MR) is 93.7 cm³/mol. The molecule has 0 amide bonds. The van der Waals surface area contributed by atoms with Crippen molar-refractivity contribution in [3.05, 3.63) is 77.9 Å². The van der Waals surface area contributed by atoms with E-state index in [-0.39, 0.29) is 5.82 Å². The van der Waals surface area contributed by atoms with Crippen LogP contribution >= 0.6 is 0 Å². The molecule has 0 bridgehead atoms. The number of hydrogen-bond donors (Lipinski definition) is 0. The molecule has 4 heteroatoms. The Hall–Kier alpha value is -3.01. The fraction of sp³-hybridized carbons (Fsp3) is 0.100. The van der Waals surface area contributed by atoms with Crippen molar-refractivity contribution < 1.29 is 4.39 Å². The lowest BCUT2D eigenvalue weighted by molar-refractivity contribution is 0.609. The van der Waals surface area contributed by atoms with Gasteiger partial charge in [0, 0.05) is 17.1 Å². The van der Waals surface area contributed by atoms with Crippen LogP contribution in [-0.2, 0) is 0 Å². The Kier molecular flexibility index (Phi) is 3.38. The number of hydrogen-bond acceptors (Lipinski definition) is 2. The van der Waals surface area contributed by atoms with Gasteiger partial charge in [-0.25, -0.2) is 14.1 Å². The maximum absolute atomic E-state index is 14.1. The first-order valence-corrected chi connectivity index (χ1v) is 7.80. The van der Waals surface area contributed by atoms with Crippen LogP contribution in [0.2, 0.25) is 0 Å². The van der Waals surface area contributed by atoms with Gasteiger partial charge in [0.2, 0.25) is 0 Å². The number of halogens is 1. The van der Waals surface area contributed by atoms with Crippen LogP contribution in [0.5, 0.6) is 0 Å². The molecular weight excluding hydrogens is 301 g/mol. The maximum Gasteiger partial charge on any atom is 0.149 e. The molecule has 0 radical (unpaired) electrons. The van der Waals surface area contributed by atoms with E-state index in [1.807, 2.05) is 43.5 Å². The third-order valence-electron chi connectivity index (χ3n) is 4.15. The van der Waals surface area contributed by atoms with Crippen molar-refractivity contribution in [3.63, 3.8) is 0 Å². The molecule has 4 aromatic rings. The molecule has 2 aromatic carbocycles. The molecule has 0 fully saturated rings. The van der Waals surface area contributed by atoms with Crippen LogP contribution in [0.1, 0.15) is 11.1 Å². The minimum Gasteiger partial charge on any atom is -0.248 e. The summed E-state index contributed by atoms with van der Waals surface area (Å²) in [6.45, 7) is 3.93. The highest BCUT2D eigenvalue weighted by molar-refractivity contribution is 5.84. The average molecular weight is 317 g/mol. The Labute approximate surface area is 139 Å². The van der Waals surface area contributed by atoms with E-state index in [4.69, 9.17) is 4.98 Å². The quantitative estimate of drug-likeness (QED) is 0.529. The average Bonchev–Trinajstić information content (AvgIpc) is 3.04. The smallest absolute Gasteiger partial charge is 0.149 e. The molecule has 0 spiro atoms. The fourth-order valence-corrected chi connectivity index (χ4v) is 2.88. The number of aromatic nitrogens is 3. The Balaban J connectivity index is 1.80. The van der Waals surface area contributed by atoms with Gasteiger partial charge in [0.05, 0.1) is 17.4 Å². The number of para-hydroxylation sites is 1. The molecule has 0 saturated carbocycles. The molecule has 0 aliphatic heterocycles. The second kappa shape index (κ2) is 5.57. The number of nitrogens with zero attached hydrogens (tertiary/aromatic N) is 3. The summed E-state index contributed by atoms with van der Waals surface area (Å²) < 4.78 is 15.7. The molecule has 0 atom stereocenters. The van der Waals surface area contributed by atoms with Crippen molar-refractivity contribution in [2.24, 2.45) is 0 Å². The number of fused-ring (bicyclic) bond motifs is 1. The first-order chi connectivity index (χ1) is 11.6. The van der Waals surface area contributed by atoms with Crippen molar-refractivity contribution in [2.75, 3.05) is 0 Å². The molecule has 2 aromatic heterocycles. The summed E-state index contributed by atoms with van der Waals surface area (Å²) in [6, 6.07) is 15.2. The van der Waals surface area contributed by atoms with Gasteiger partial charge in [-0.15, -0.1) is 0 Å². The first kappa shape index (κ1) is 14.6. The normalized spacial score (nSPS) is 11.1. The predicted octanol–water partition coefficient (Wildman–Crippen LogP) is 4.84.